The van der Waals surface area contributed by atoms with E-state index in [9.17, 15) is 8.42 Å². The lowest BCUT2D eigenvalue weighted by molar-refractivity contribution is 0.462. The molecule has 26 heavy (non-hydrogen) atoms. The van der Waals surface area contributed by atoms with Crippen molar-refractivity contribution in [1.29, 1.82) is 0 Å². The molecule has 3 rings (SSSR count). The van der Waals surface area contributed by atoms with E-state index in [0.29, 0.717) is 11.6 Å². The highest BCUT2D eigenvalue weighted by Gasteiger charge is 2.29. The molecule has 136 valence electrons. The summed E-state index contributed by atoms with van der Waals surface area (Å²) in [4.78, 5) is 4.19. The topological polar surface area (TPSA) is 74.1 Å². The molecule has 0 spiro atoms. The summed E-state index contributed by atoms with van der Waals surface area (Å²) >= 11 is 5.82. The van der Waals surface area contributed by atoms with Crippen molar-refractivity contribution in [3.8, 4) is 0 Å². The molecule has 0 aromatic heterocycles. The molecular weight excluding hydrogens is 372 g/mol. The third-order valence-electron chi connectivity index (χ3n) is 4.15. The van der Waals surface area contributed by atoms with Gasteiger partial charge in [0.2, 0.25) is 5.96 Å². The van der Waals surface area contributed by atoms with Gasteiger partial charge >= 0.3 is 0 Å². The van der Waals surface area contributed by atoms with E-state index in [1.165, 1.54) is 31.3 Å². The van der Waals surface area contributed by atoms with E-state index < -0.39 is 10.0 Å². The molecule has 0 saturated carbocycles. The number of hydrogen-bond acceptors (Lipinski definition) is 4. The Morgan fingerprint density at radius 1 is 1.19 bits per heavy atom. The molecule has 1 atom stereocenters. The van der Waals surface area contributed by atoms with E-state index in [1.807, 2.05) is 37.3 Å². The lowest BCUT2D eigenvalue weighted by Crippen LogP contribution is -2.41. The van der Waals surface area contributed by atoms with Gasteiger partial charge in [-0.1, -0.05) is 41.9 Å². The van der Waals surface area contributed by atoms with E-state index >= 15 is 0 Å². The number of rotatable bonds is 3. The van der Waals surface area contributed by atoms with Crippen LogP contribution in [-0.4, -0.2) is 38.7 Å². The van der Waals surface area contributed by atoms with Crippen molar-refractivity contribution in [1.82, 2.24) is 9.73 Å². The molecule has 1 aliphatic rings. The number of sulfonamides is 1. The third kappa shape index (κ3) is 3.89. The summed E-state index contributed by atoms with van der Waals surface area (Å²) in [6.07, 6.45) is 0. The van der Waals surface area contributed by atoms with Crippen molar-refractivity contribution < 1.29 is 8.42 Å². The number of nitrogens with zero attached hydrogens (tertiary/aromatic N) is 3. The molecule has 1 N–H and O–H groups in total. The van der Waals surface area contributed by atoms with E-state index in [-0.39, 0.29) is 16.8 Å². The summed E-state index contributed by atoms with van der Waals surface area (Å²) in [6.45, 7) is 2.45. The van der Waals surface area contributed by atoms with E-state index in [0.717, 1.165) is 11.3 Å². The van der Waals surface area contributed by atoms with E-state index in [1.54, 1.807) is 5.01 Å². The third-order valence-corrected chi connectivity index (χ3v) is 5.74. The Morgan fingerprint density at radius 2 is 1.85 bits per heavy atom. The average Bonchev–Trinajstić information content (AvgIpc) is 3.02. The standard InChI is InChI=1S/C18H19ClN4O2S/c1-13-17(14-6-4-3-5-7-14)12-23(21-13)18(20-2)22-26(24,25)16-10-8-15(19)9-11-16/h3-11,17H,12H2,1-2H3,(H,20,22). The number of guanidine groups is 1. The van der Waals surface area contributed by atoms with Gasteiger partial charge in [0.1, 0.15) is 0 Å². The number of hydrogen-bond donors (Lipinski definition) is 1. The van der Waals surface area contributed by atoms with Gasteiger partial charge in [-0.3, -0.25) is 4.99 Å². The molecule has 1 heterocycles. The Balaban J connectivity index is 1.79. The Hall–Kier alpha value is -2.38. The summed E-state index contributed by atoms with van der Waals surface area (Å²) in [5, 5.41) is 6.54. The van der Waals surface area contributed by atoms with Gasteiger partial charge in [0.05, 0.1) is 11.4 Å². The maximum absolute atomic E-state index is 12.6. The normalized spacial score (nSPS) is 18.0. The second-order valence-corrected chi connectivity index (χ2v) is 8.01. The molecule has 0 saturated heterocycles. The van der Waals surface area contributed by atoms with Crippen LogP contribution in [0.4, 0.5) is 0 Å². The van der Waals surface area contributed by atoms with Crippen molar-refractivity contribution in [3.05, 3.63) is 65.2 Å². The quantitative estimate of drug-likeness (QED) is 0.646. The molecule has 1 unspecified atom stereocenters. The smallest absolute Gasteiger partial charge is 0.254 e. The Bertz CT molecular complexity index is 941. The minimum Gasteiger partial charge on any atom is -0.254 e. The maximum Gasteiger partial charge on any atom is 0.264 e. The van der Waals surface area contributed by atoms with Gasteiger partial charge in [-0.05, 0) is 36.8 Å². The zero-order valence-electron chi connectivity index (χ0n) is 14.4. The van der Waals surface area contributed by atoms with Crippen molar-refractivity contribution >= 4 is 33.3 Å². The highest BCUT2D eigenvalue weighted by molar-refractivity contribution is 7.90. The number of halogens is 1. The fourth-order valence-electron chi connectivity index (χ4n) is 2.78. The van der Waals surface area contributed by atoms with E-state index in [4.69, 9.17) is 11.6 Å². The first-order valence-electron chi connectivity index (χ1n) is 8.03. The summed E-state index contributed by atoms with van der Waals surface area (Å²) in [5.74, 6) is 0.269. The molecule has 0 radical (unpaired) electrons. The fraction of sp³-hybridized carbons (Fsp3) is 0.222. The fourth-order valence-corrected chi connectivity index (χ4v) is 3.95. The predicted octanol–water partition coefficient (Wildman–Crippen LogP) is 3.08. The van der Waals surface area contributed by atoms with E-state index in [2.05, 4.69) is 14.8 Å². The van der Waals surface area contributed by atoms with Crippen molar-refractivity contribution in [3.63, 3.8) is 0 Å². The number of hydrazone groups is 1. The molecule has 0 fully saturated rings. The van der Waals surface area contributed by atoms with Gasteiger partial charge in [0, 0.05) is 23.7 Å². The number of benzene rings is 2. The molecule has 0 amide bonds. The van der Waals surface area contributed by atoms with Crippen LogP contribution >= 0.6 is 11.6 Å². The van der Waals surface area contributed by atoms with Crippen LogP contribution in [0.5, 0.6) is 0 Å². The lowest BCUT2D eigenvalue weighted by Gasteiger charge is -2.19. The molecule has 2 aromatic carbocycles. The molecule has 0 aliphatic carbocycles. The maximum atomic E-state index is 12.6. The van der Waals surface area contributed by atoms with Crippen LogP contribution in [0.2, 0.25) is 5.02 Å². The van der Waals surface area contributed by atoms with Crippen LogP contribution in [0.25, 0.3) is 0 Å². The second-order valence-electron chi connectivity index (χ2n) is 5.89. The van der Waals surface area contributed by atoms with Crippen LogP contribution in [0, 0.1) is 0 Å². The molecule has 1 aliphatic heterocycles. The van der Waals surface area contributed by atoms with Gasteiger partial charge in [0.15, 0.2) is 0 Å². The van der Waals surface area contributed by atoms with Gasteiger partial charge in [-0.25, -0.2) is 18.1 Å². The summed E-state index contributed by atoms with van der Waals surface area (Å²) < 4.78 is 27.7. The molecule has 2 aromatic rings. The summed E-state index contributed by atoms with van der Waals surface area (Å²) in [7, 11) is -2.25. The first-order valence-corrected chi connectivity index (χ1v) is 9.89. The Morgan fingerprint density at radius 3 is 2.46 bits per heavy atom. The largest absolute Gasteiger partial charge is 0.264 e. The van der Waals surface area contributed by atoms with Crippen molar-refractivity contribution in [2.75, 3.05) is 13.6 Å². The average molecular weight is 391 g/mol. The Labute approximate surface area is 158 Å². The highest BCUT2D eigenvalue weighted by atomic mass is 35.5. The van der Waals surface area contributed by atoms with Crippen molar-refractivity contribution in [2.45, 2.75) is 17.7 Å². The van der Waals surface area contributed by atoms with Gasteiger partial charge < -0.3 is 0 Å². The SMILES string of the molecule is CN=C(NS(=O)(=O)c1ccc(Cl)cc1)N1CC(c2ccccc2)C(C)=N1. The zero-order valence-corrected chi connectivity index (χ0v) is 16.0. The first-order chi connectivity index (χ1) is 12.4. The van der Waals surface area contributed by atoms with Gasteiger partial charge in [-0.2, -0.15) is 5.10 Å². The summed E-state index contributed by atoms with van der Waals surface area (Å²) in [5.41, 5.74) is 2.04. The monoisotopic (exact) mass is 390 g/mol. The zero-order chi connectivity index (χ0) is 18.7. The van der Waals surface area contributed by atoms with Crippen molar-refractivity contribution in [2.24, 2.45) is 10.1 Å². The Kier molecular flexibility index (Phi) is 5.29. The first kappa shape index (κ1) is 18.4. The minimum absolute atomic E-state index is 0.0907. The van der Waals surface area contributed by atoms with Crippen LogP contribution in [-0.2, 0) is 10.0 Å². The highest BCUT2D eigenvalue weighted by Crippen LogP contribution is 2.25. The molecule has 0 bridgehead atoms. The van der Waals surface area contributed by atoms with Gasteiger partial charge in [-0.15, -0.1) is 0 Å². The number of nitrogens with one attached hydrogen (secondary N) is 1. The second kappa shape index (κ2) is 7.47. The molecule has 8 heteroatoms. The van der Waals surface area contributed by atoms with Gasteiger partial charge in [0.25, 0.3) is 10.0 Å². The lowest BCUT2D eigenvalue weighted by atomic mass is 9.96. The summed E-state index contributed by atoms with van der Waals surface area (Å²) in [6, 6.07) is 15.9. The molecular formula is C18H19ClN4O2S. The molecule has 6 nitrogen and oxygen atoms in total. The minimum atomic E-state index is -3.78. The van der Waals surface area contributed by atoms with Crippen LogP contribution in [0.1, 0.15) is 18.4 Å². The van der Waals surface area contributed by atoms with Crippen LogP contribution in [0.15, 0.2) is 69.6 Å². The number of aliphatic imine (C=N–C) groups is 1. The van der Waals surface area contributed by atoms with Crippen LogP contribution < -0.4 is 4.72 Å². The van der Waals surface area contributed by atoms with Crippen LogP contribution in [0.3, 0.4) is 0 Å². The predicted molar refractivity (Wildman–Crippen MR) is 104 cm³/mol.